The molecule has 1 aliphatic rings. The number of rotatable bonds is 7. The van der Waals surface area contributed by atoms with Gasteiger partial charge in [0.15, 0.2) is 0 Å². The summed E-state index contributed by atoms with van der Waals surface area (Å²) in [6.07, 6.45) is 12.8. The van der Waals surface area contributed by atoms with Crippen molar-refractivity contribution in [1.29, 1.82) is 0 Å². The normalized spacial score (nSPS) is 13.2. The van der Waals surface area contributed by atoms with Crippen LogP contribution in [0.2, 0.25) is 0 Å². The number of benzene rings is 5. The highest BCUT2D eigenvalue weighted by molar-refractivity contribution is 5.92. The van der Waals surface area contributed by atoms with Crippen molar-refractivity contribution in [3.8, 4) is 22.3 Å². The molecule has 1 N–H and O–H groups in total. The van der Waals surface area contributed by atoms with Gasteiger partial charge in [-0.25, -0.2) is 0 Å². The minimum absolute atomic E-state index is 1.08. The van der Waals surface area contributed by atoms with Crippen molar-refractivity contribution in [3.05, 3.63) is 157 Å². The zero-order valence-corrected chi connectivity index (χ0v) is 22.9. The molecule has 0 saturated heterocycles. The van der Waals surface area contributed by atoms with Gasteiger partial charge in [0, 0.05) is 11.4 Å². The Kier molecular flexibility index (Phi) is 7.28. The van der Waals surface area contributed by atoms with Gasteiger partial charge in [0.05, 0.1) is 0 Å². The van der Waals surface area contributed by atoms with E-state index in [4.69, 9.17) is 0 Å². The van der Waals surface area contributed by atoms with Crippen molar-refractivity contribution in [2.45, 2.75) is 19.8 Å². The summed E-state index contributed by atoms with van der Waals surface area (Å²) in [5.74, 6) is 0. The molecule has 0 saturated carbocycles. The second-order valence-electron chi connectivity index (χ2n) is 10.3. The lowest BCUT2D eigenvalue weighted by Gasteiger charge is -2.19. The molecule has 1 aliphatic carbocycles. The predicted octanol–water partition coefficient (Wildman–Crippen LogP) is 11.2. The van der Waals surface area contributed by atoms with Gasteiger partial charge in [-0.05, 0) is 99.8 Å². The third-order valence-electron chi connectivity index (χ3n) is 7.66. The summed E-state index contributed by atoms with van der Waals surface area (Å²) in [5, 5.41) is 6.05. The summed E-state index contributed by atoms with van der Waals surface area (Å²) in [7, 11) is 0. The third kappa shape index (κ3) is 5.32. The Bertz CT molecular complexity index is 1780. The number of allylic oxidation sites excluding steroid dienone is 6. The van der Waals surface area contributed by atoms with E-state index in [2.05, 4.69) is 146 Å². The Hall–Kier alpha value is -4.88. The lowest BCUT2D eigenvalue weighted by molar-refractivity contribution is 0.967. The van der Waals surface area contributed by atoms with Gasteiger partial charge in [0.1, 0.15) is 0 Å². The van der Waals surface area contributed by atoms with Crippen molar-refractivity contribution in [1.82, 2.24) is 0 Å². The van der Waals surface area contributed by atoms with Gasteiger partial charge in [-0.1, -0.05) is 121 Å². The smallest absolute Gasteiger partial charge is 0.0390 e. The van der Waals surface area contributed by atoms with Crippen LogP contribution in [0.5, 0.6) is 0 Å². The van der Waals surface area contributed by atoms with E-state index in [-0.39, 0.29) is 0 Å². The van der Waals surface area contributed by atoms with E-state index < -0.39 is 0 Å². The molecule has 40 heavy (non-hydrogen) atoms. The molecule has 6 rings (SSSR count). The fourth-order valence-corrected chi connectivity index (χ4v) is 5.52. The molecule has 0 heterocycles. The Morgan fingerprint density at radius 3 is 2.25 bits per heavy atom. The largest absolute Gasteiger partial charge is 0.356 e. The molecular weight excluding hydrogens is 482 g/mol. The zero-order chi connectivity index (χ0) is 27.3. The van der Waals surface area contributed by atoms with Crippen molar-refractivity contribution >= 4 is 33.8 Å². The van der Waals surface area contributed by atoms with Crippen LogP contribution in [0.1, 0.15) is 30.9 Å². The van der Waals surface area contributed by atoms with E-state index in [0.29, 0.717) is 0 Å². The van der Waals surface area contributed by atoms with E-state index in [1.165, 1.54) is 55.3 Å². The first-order chi connectivity index (χ1) is 19.7. The van der Waals surface area contributed by atoms with Gasteiger partial charge in [0.25, 0.3) is 0 Å². The summed E-state index contributed by atoms with van der Waals surface area (Å²) in [4.78, 5) is 0. The number of hydrogen-bond donors (Lipinski definition) is 1. The standard InChI is InChI=1S/C39H33N/c1-3-4-12-31-14-8-10-17-37(31)38-25-21-33(27-39(38)36-16-9-5-11-28(36)2)30-18-22-34(23-19-30)40-35-24-20-29-13-6-7-15-32(29)26-35/h3-4,6-10,12-27,40H,1,5,11H2,2H3/b12-4-. The van der Waals surface area contributed by atoms with Gasteiger partial charge in [-0.15, -0.1) is 0 Å². The molecule has 0 bridgehead atoms. The zero-order valence-electron chi connectivity index (χ0n) is 22.9. The van der Waals surface area contributed by atoms with E-state index >= 15 is 0 Å². The molecule has 5 aromatic carbocycles. The third-order valence-corrected chi connectivity index (χ3v) is 7.66. The molecule has 194 valence electrons. The van der Waals surface area contributed by atoms with Crippen LogP contribution < -0.4 is 5.32 Å². The van der Waals surface area contributed by atoms with Gasteiger partial charge in [0.2, 0.25) is 0 Å². The molecule has 5 aromatic rings. The number of nitrogens with one attached hydrogen (secondary N) is 1. The maximum atomic E-state index is 3.86. The van der Waals surface area contributed by atoms with Crippen LogP contribution in [0.3, 0.4) is 0 Å². The summed E-state index contributed by atoms with van der Waals surface area (Å²) in [6.45, 7) is 6.13. The SMILES string of the molecule is C=C/C=C\c1ccccc1-c1ccc(-c2ccc(Nc3ccc4ccccc4c3)cc2)cc1C1=C(C)CCC=C1. The van der Waals surface area contributed by atoms with Crippen LogP contribution >= 0.6 is 0 Å². The molecule has 0 aliphatic heterocycles. The average molecular weight is 516 g/mol. The quantitative estimate of drug-likeness (QED) is 0.213. The molecule has 0 atom stereocenters. The summed E-state index contributed by atoms with van der Waals surface area (Å²) in [6, 6.07) is 39.2. The lowest BCUT2D eigenvalue weighted by Crippen LogP contribution is -1.97. The highest BCUT2D eigenvalue weighted by atomic mass is 14.9. The first-order valence-corrected chi connectivity index (χ1v) is 13.9. The Balaban J connectivity index is 1.36. The van der Waals surface area contributed by atoms with Crippen LogP contribution in [0.25, 0.3) is 44.7 Å². The van der Waals surface area contributed by atoms with Crippen LogP contribution in [-0.2, 0) is 0 Å². The summed E-state index contributed by atoms with van der Waals surface area (Å²) in [5.41, 5.74) is 12.3. The minimum atomic E-state index is 1.08. The summed E-state index contributed by atoms with van der Waals surface area (Å²) >= 11 is 0. The lowest BCUT2D eigenvalue weighted by atomic mass is 9.85. The average Bonchev–Trinajstić information content (AvgIpc) is 3.00. The maximum Gasteiger partial charge on any atom is 0.0390 e. The first-order valence-electron chi connectivity index (χ1n) is 13.9. The fourth-order valence-electron chi connectivity index (χ4n) is 5.52. The molecule has 0 aromatic heterocycles. The van der Waals surface area contributed by atoms with Crippen LogP contribution in [-0.4, -0.2) is 0 Å². The van der Waals surface area contributed by atoms with Gasteiger partial charge in [-0.3, -0.25) is 0 Å². The van der Waals surface area contributed by atoms with Crippen LogP contribution in [0.4, 0.5) is 11.4 Å². The molecule has 0 fully saturated rings. The Morgan fingerprint density at radius 2 is 1.43 bits per heavy atom. The molecule has 0 unspecified atom stereocenters. The molecule has 1 heteroatoms. The topological polar surface area (TPSA) is 12.0 Å². The molecule has 1 nitrogen and oxygen atoms in total. The van der Waals surface area contributed by atoms with Gasteiger partial charge < -0.3 is 5.32 Å². The summed E-state index contributed by atoms with van der Waals surface area (Å²) < 4.78 is 0. The Morgan fingerprint density at radius 1 is 0.675 bits per heavy atom. The highest BCUT2D eigenvalue weighted by Gasteiger charge is 2.15. The molecule has 0 spiro atoms. The molecule has 0 amide bonds. The molecular formula is C39H33N. The van der Waals surface area contributed by atoms with Gasteiger partial charge >= 0.3 is 0 Å². The highest BCUT2D eigenvalue weighted by Crippen LogP contribution is 2.39. The van der Waals surface area contributed by atoms with Crippen molar-refractivity contribution in [2.24, 2.45) is 0 Å². The van der Waals surface area contributed by atoms with Crippen molar-refractivity contribution < 1.29 is 0 Å². The van der Waals surface area contributed by atoms with E-state index in [9.17, 15) is 0 Å². The van der Waals surface area contributed by atoms with Crippen molar-refractivity contribution in [3.63, 3.8) is 0 Å². The Labute approximate surface area is 237 Å². The van der Waals surface area contributed by atoms with Gasteiger partial charge in [-0.2, -0.15) is 0 Å². The van der Waals surface area contributed by atoms with Crippen LogP contribution in [0, 0.1) is 0 Å². The first kappa shape index (κ1) is 25.4. The van der Waals surface area contributed by atoms with E-state index in [1.54, 1.807) is 0 Å². The van der Waals surface area contributed by atoms with E-state index in [1.807, 2.05) is 12.2 Å². The second-order valence-corrected chi connectivity index (χ2v) is 10.3. The van der Waals surface area contributed by atoms with Crippen molar-refractivity contribution in [2.75, 3.05) is 5.32 Å². The monoisotopic (exact) mass is 515 g/mol. The molecule has 0 radical (unpaired) electrons. The number of hydrogen-bond acceptors (Lipinski definition) is 1. The van der Waals surface area contributed by atoms with E-state index in [0.717, 1.165) is 24.2 Å². The second kappa shape index (κ2) is 11.5. The van der Waals surface area contributed by atoms with Crippen LogP contribution in [0.15, 0.2) is 146 Å². The minimum Gasteiger partial charge on any atom is -0.356 e. The maximum absolute atomic E-state index is 3.86. The number of fused-ring (bicyclic) bond motifs is 1. The predicted molar refractivity (Wildman–Crippen MR) is 175 cm³/mol. The number of anilines is 2. The fraction of sp³-hybridized carbons (Fsp3) is 0.0769.